The maximum atomic E-state index is 13.1. The third-order valence-electron chi connectivity index (χ3n) is 5.42. The van der Waals surface area contributed by atoms with Crippen molar-refractivity contribution in [2.24, 2.45) is 5.92 Å². The number of carbonyl (C=O) groups is 2. The first-order valence-corrected chi connectivity index (χ1v) is 11.1. The smallest absolute Gasteiger partial charge is 0.295 e. The van der Waals surface area contributed by atoms with Gasteiger partial charge in [0.2, 0.25) is 0 Å². The molecule has 1 aliphatic heterocycles. The Balaban J connectivity index is 2.18. The van der Waals surface area contributed by atoms with Gasteiger partial charge < -0.3 is 24.2 Å². The van der Waals surface area contributed by atoms with Crippen LogP contribution in [0, 0.1) is 5.92 Å². The van der Waals surface area contributed by atoms with Gasteiger partial charge in [0.1, 0.15) is 23.0 Å². The standard InChI is InChI=1S/C26H31NO6/c1-6-12-27-23(17-8-7-9-19(13-17)33-15-16(2)3)22(25(29)26(27)30)24(28)20-14-18(31-4)10-11-21(20)32-5/h7-11,13-14,16,23,28H,6,12,15H2,1-5H3/b24-22+. The molecule has 2 aromatic rings. The summed E-state index contributed by atoms with van der Waals surface area (Å²) in [7, 11) is 2.98. The molecule has 2 aromatic carbocycles. The van der Waals surface area contributed by atoms with Crippen LogP contribution in [-0.4, -0.2) is 49.1 Å². The van der Waals surface area contributed by atoms with Crippen molar-refractivity contribution in [1.29, 1.82) is 0 Å². The van der Waals surface area contributed by atoms with Gasteiger partial charge in [-0.3, -0.25) is 9.59 Å². The van der Waals surface area contributed by atoms with Crippen molar-refractivity contribution < 1.29 is 28.9 Å². The van der Waals surface area contributed by atoms with E-state index >= 15 is 0 Å². The minimum atomic E-state index is -0.747. The number of nitrogens with zero attached hydrogens (tertiary/aromatic N) is 1. The number of amides is 1. The molecule has 0 saturated carbocycles. The lowest BCUT2D eigenvalue weighted by molar-refractivity contribution is -0.139. The van der Waals surface area contributed by atoms with Crippen LogP contribution in [0.2, 0.25) is 0 Å². The first kappa shape index (κ1) is 24.2. The second-order valence-electron chi connectivity index (χ2n) is 8.34. The van der Waals surface area contributed by atoms with Gasteiger partial charge in [-0.2, -0.15) is 0 Å². The van der Waals surface area contributed by atoms with Gasteiger partial charge in [0.15, 0.2) is 0 Å². The van der Waals surface area contributed by atoms with Crippen molar-refractivity contribution in [3.8, 4) is 17.2 Å². The van der Waals surface area contributed by atoms with E-state index in [1.165, 1.54) is 19.1 Å². The van der Waals surface area contributed by atoms with E-state index in [0.29, 0.717) is 48.3 Å². The zero-order chi connectivity index (χ0) is 24.1. The van der Waals surface area contributed by atoms with Crippen LogP contribution >= 0.6 is 0 Å². The molecule has 1 N–H and O–H groups in total. The summed E-state index contributed by atoms with van der Waals surface area (Å²) < 4.78 is 16.5. The number of likely N-dealkylation sites (tertiary alicyclic amines) is 1. The maximum Gasteiger partial charge on any atom is 0.295 e. The molecule has 0 aliphatic carbocycles. The zero-order valence-electron chi connectivity index (χ0n) is 19.8. The van der Waals surface area contributed by atoms with Crippen LogP contribution in [0.5, 0.6) is 17.2 Å². The Morgan fingerprint density at radius 3 is 2.45 bits per heavy atom. The minimum Gasteiger partial charge on any atom is -0.507 e. The zero-order valence-corrected chi connectivity index (χ0v) is 19.8. The normalized spacial score (nSPS) is 17.5. The molecule has 0 spiro atoms. The highest BCUT2D eigenvalue weighted by molar-refractivity contribution is 6.46. The van der Waals surface area contributed by atoms with Gasteiger partial charge >= 0.3 is 0 Å². The van der Waals surface area contributed by atoms with E-state index in [2.05, 4.69) is 13.8 Å². The summed E-state index contributed by atoms with van der Waals surface area (Å²) in [6.07, 6.45) is 0.662. The van der Waals surface area contributed by atoms with Gasteiger partial charge in [-0.1, -0.05) is 32.9 Å². The average molecular weight is 454 g/mol. The highest BCUT2D eigenvalue weighted by Crippen LogP contribution is 2.42. The van der Waals surface area contributed by atoms with E-state index in [1.54, 1.807) is 18.2 Å². The summed E-state index contributed by atoms with van der Waals surface area (Å²) in [4.78, 5) is 27.6. The van der Waals surface area contributed by atoms with Crippen molar-refractivity contribution in [2.75, 3.05) is 27.4 Å². The summed E-state index contributed by atoms with van der Waals surface area (Å²) in [5.74, 6) is 0.162. The molecule has 0 radical (unpaired) electrons. The van der Waals surface area contributed by atoms with Gasteiger partial charge in [0.25, 0.3) is 11.7 Å². The van der Waals surface area contributed by atoms with E-state index in [9.17, 15) is 14.7 Å². The fourth-order valence-corrected chi connectivity index (χ4v) is 3.88. The minimum absolute atomic E-state index is 0.0148. The SMILES string of the molecule is CCCN1C(=O)C(=O)/C(=C(/O)c2cc(OC)ccc2OC)C1c1cccc(OCC(C)C)c1. The largest absolute Gasteiger partial charge is 0.507 e. The summed E-state index contributed by atoms with van der Waals surface area (Å²) >= 11 is 0. The predicted octanol–water partition coefficient (Wildman–Crippen LogP) is 4.57. The number of ether oxygens (including phenoxy) is 3. The first-order chi connectivity index (χ1) is 15.8. The van der Waals surface area contributed by atoms with Gasteiger partial charge in [-0.05, 0) is 48.2 Å². The van der Waals surface area contributed by atoms with Crippen LogP contribution in [0.1, 0.15) is 44.4 Å². The quantitative estimate of drug-likeness (QED) is 0.340. The molecule has 7 heteroatoms. The number of ketones is 1. The molecule has 0 aromatic heterocycles. The summed E-state index contributed by atoms with van der Waals surface area (Å²) in [5.41, 5.74) is 0.983. The lowest BCUT2D eigenvalue weighted by atomic mass is 9.94. The highest BCUT2D eigenvalue weighted by atomic mass is 16.5. The van der Waals surface area contributed by atoms with E-state index in [1.807, 2.05) is 31.2 Å². The molecular formula is C26H31NO6. The molecule has 7 nitrogen and oxygen atoms in total. The molecule has 1 aliphatic rings. The van der Waals surface area contributed by atoms with E-state index < -0.39 is 17.7 Å². The number of aliphatic hydroxyl groups excluding tert-OH is 1. The second-order valence-corrected chi connectivity index (χ2v) is 8.34. The van der Waals surface area contributed by atoms with Crippen LogP contribution < -0.4 is 14.2 Å². The molecule has 3 rings (SSSR count). The van der Waals surface area contributed by atoms with Gasteiger partial charge in [0, 0.05) is 6.54 Å². The Morgan fingerprint density at radius 2 is 1.82 bits per heavy atom. The summed E-state index contributed by atoms with van der Waals surface area (Å²) in [6.45, 7) is 6.96. The van der Waals surface area contributed by atoms with Crippen molar-refractivity contribution in [3.05, 3.63) is 59.2 Å². The van der Waals surface area contributed by atoms with E-state index in [4.69, 9.17) is 14.2 Å². The molecular weight excluding hydrogens is 422 g/mol. The van der Waals surface area contributed by atoms with Crippen molar-refractivity contribution in [1.82, 2.24) is 4.90 Å². The molecule has 1 atom stereocenters. The number of methoxy groups -OCH3 is 2. The first-order valence-electron chi connectivity index (χ1n) is 11.1. The number of aliphatic hydroxyl groups is 1. The van der Waals surface area contributed by atoms with Crippen LogP contribution in [-0.2, 0) is 9.59 Å². The number of Topliss-reactive ketones (excluding diaryl/α,β-unsaturated/α-hetero) is 1. The lowest BCUT2D eigenvalue weighted by Crippen LogP contribution is -2.30. The monoisotopic (exact) mass is 453 g/mol. The van der Waals surface area contributed by atoms with Gasteiger partial charge in [-0.25, -0.2) is 0 Å². The maximum absolute atomic E-state index is 13.1. The Bertz CT molecular complexity index is 1060. The molecule has 1 saturated heterocycles. The number of carbonyl (C=O) groups excluding carboxylic acids is 2. The molecule has 1 fully saturated rings. The van der Waals surface area contributed by atoms with E-state index in [-0.39, 0.29) is 16.9 Å². The molecule has 0 bridgehead atoms. The van der Waals surface area contributed by atoms with Crippen molar-refractivity contribution in [2.45, 2.75) is 33.2 Å². The van der Waals surface area contributed by atoms with Crippen LogP contribution in [0.3, 0.4) is 0 Å². The van der Waals surface area contributed by atoms with E-state index in [0.717, 1.165) is 0 Å². The lowest BCUT2D eigenvalue weighted by Gasteiger charge is -2.25. The van der Waals surface area contributed by atoms with Crippen LogP contribution in [0.15, 0.2) is 48.0 Å². The van der Waals surface area contributed by atoms with Crippen LogP contribution in [0.25, 0.3) is 5.76 Å². The fraction of sp³-hybridized carbons (Fsp3) is 0.385. The number of rotatable bonds is 9. The molecule has 1 amide bonds. The summed E-state index contributed by atoms with van der Waals surface area (Å²) in [6, 6.07) is 11.5. The third kappa shape index (κ3) is 4.97. The number of hydrogen-bond acceptors (Lipinski definition) is 6. The number of hydrogen-bond donors (Lipinski definition) is 1. The molecule has 1 unspecified atom stereocenters. The topological polar surface area (TPSA) is 85.3 Å². The Hall–Kier alpha value is -3.48. The van der Waals surface area contributed by atoms with Crippen molar-refractivity contribution in [3.63, 3.8) is 0 Å². The molecule has 176 valence electrons. The van der Waals surface area contributed by atoms with Crippen LogP contribution in [0.4, 0.5) is 0 Å². The predicted molar refractivity (Wildman–Crippen MR) is 126 cm³/mol. The highest BCUT2D eigenvalue weighted by Gasteiger charge is 2.46. The second kappa shape index (κ2) is 10.4. The van der Waals surface area contributed by atoms with Gasteiger partial charge in [-0.15, -0.1) is 0 Å². The Morgan fingerprint density at radius 1 is 1.06 bits per heavy atom. The number of benzene rings is 2. The average Bonchev–Trinajstić information content (AvgIpc) is 3.07. The Labute approximate surface area is 194 Å². The van der Waals surface area contributed by atoms with Gasteiger partial charge in [0.05, 0.1) is 38.0 Å². The fourth-order valence-electron chi connectivity index (χ4n) is 3.88. The van der Waals surface area contributed by atoms with Crippen molar-refractivity contribution >= 4 is 17.4 Å². The Kier molecular flexibility index (Phi) is 7.63. The molecule has 1 heterocycles. The summed E-state index contributed by atoms with van der Waals surface area (Å²) in [5, 5.41) is 11.3. The molecule has 33 heavy (non-hydrogen) atoms. The third-order valence-corrected chi connectivity index (χ3v) is 5.42.